The lowest BCUT2D eigenvalue weighted by Gasteiger charge is -2.20. The Kier molecular flexibility index (Phi) is 6.26. The fourth-order valence-corrected chi connectivity index (χ4v) is 2.39. The Hall–Kier alpha value is -2.54. The van der Waals surface area contributed by atoms with Crippen LogP contribution in [0.4, 0.5) is 4.79 Å². The van der Waals surface area contributed by atoms with Gasteiger partial charge in [-0.1, -0.05) is 0 Å². The third-order valence-corrected chi connectivity index (χ3v) is 3.39. The Morgan fingerprint density at radius 2 is 1.85 bits per heavy atom. The smallest absolute Gasteiger partial charge is 0.419 e. The summed E-state index contributed by atoms with van der Waals surface area (Å²) < 4.78 is 22.3. The number of hydrogen-bond acceptors (Lipinski definition) is 6. The fourth-order valence-electron chi connectivity index (χ4n) is 2.39. The number of hydrogen-bond donors (Lipinski definition) is 0. The molecule has 0 amide bonds. The van der Waals surface area contributed by atoms with Gasteiger partial charge in [0.2, 0.25) is 0 Å². The zero-order valence-corrected chi connectivity index (χ0v) is 15.8. The lowest BCUT2D eigenvalue weighted by molar-refractivity contribution is 0.0454. The van der Waals surface area contributed by atoms with Crippen molar-refractivity contribution >= 4 is 23.0 Å². The maximum atomic E-state index is 12.6. The molecule has 1 heterocycles. The molecule has 0 spiro atoms. The lowest BCUT2D eigenvalue weighted by atomic mass is 10.2. The Morgan fingerprint density at radius 1 is 1.12 bits per heavy atom. The van der Waals surface area contributed by atoms with Crippen LogP contribution >= 0.6 is 0 Å². The molecular formula is C19H25NO6. The van der Waals surface area contributed by atoms with Crippen LogP contribution in [0.3, 0.4) is 0 Å². The van der Waals surface area contributed by atoms with Crippen molar-refractivity contribution in [3.05, 3.63) is 30.0 Å². The molecule has 26 heavy (non-hydrogen) atoms. The molecule has 2 aromatic rings. The van der Waals surface area contributed by atoms with Crippen molar-refractivity contribution in [3.63, 3.8) is 0 Å². The molecule has 0 fully saturated rings. The number of benzene rings is 1. The van der Waals surface area contributed by atoms with Crippen LogP contribution in [0.2, 0.25) is 0 Å². The summed E-state index contributed by atoms with van der Waals surface area (Å²) in [7, 11) is 1.60. The van der Waals surface area contributed by atoms with Gasteiger partial charge in [-0.3, -0.25) is 0 Å². The quantitative estimate of drug-likeness (QED) is 0.576. The van der Waals surface area contributed by atoms with E-state index in [1.165, 1.54) is 4.57 Å². The van der Waals surface area contributed by atoms with Gasteiger partial charge in [0.25, 0.3) is 0 Å². The van der Waals surface area contributed by atoms with Crippen molar-refractivity contribution in [1.82, 2.24) is 4.57 Å². The molecule has 0 aliphatic rings. The van der Waals surface area contributed by atoms with Crippen LogP contribution in [-0.4, -0.2) is 49.2 Å². The predicted octanol–water partition coefficient (Wildman–Crippen LogP) is 3.63. The Bertz CT molecular complexity index is 787. The van der Waals surface area contributed by atoms with Crippen LogP contribution in [0.15, 0.2) is 24.3 Å². The molecule has 1 aromatic carbocycles. The number of carbonyl (C=O) groups is 2. The topological polar surface area (TPSA) is 76.0 Å². The van der Waals surface area contributed by atoms with E-state index in [9.17, 15) is 9.59 Å². The highest BCUT2D eigenvalue weighted by Crippen LogP contribution is 2.26. The average molecular weight is 363 g/mol. The molecule has 0 saturated heterocycles. The first kappa shape index (κ1) is 19.8. The van der Waals surface area contributed by atoms with Crippen LogP contribution in [0, 0.1) is 0 Å². The largest absolute Gasteiger partial charge is 0.491 e. The Labute approximate surface area is 152 Å². The molecule has 142 valence electrons. The molecule has 0 radical (unpaired) electrons. The van der Waals surface area contributed by atoms with Gasteiger partial charge in [-0.25, -0.2) is 14.2 Å². The first-order chi connectivity index (χ1) is 12.3. The first-order valence-electron chi connectivity index (χ1n) is 8.44. The standard InChI is InChI=1S/C19H25NO6/c1-6-24-17(21)16-12-13-11-14(25-10-9-23-5)7-8-15(13)20(16)18(22)26-19(2,3)4/h7-8,11-12H,6,9-10H2,1-5H3. The highest BCUT2D eigenvalue weighted by Gasteiger charge is 2.25. The molecule has 0 aliphatic carbocycles. The van der Waals surface area contributed by atoms with Gasteiger partial charge in [0, 0.05) is 12.5 Å². The number of methoxy groups -OCH3 is 1. The molecule has 0 unspecified atom stereocenters. The van der Waals surface area contributed by atoms with E-state index in [0.29, 0.717) is 29.9 Å². The van der Waals surface area contributed by atoms with Gasteiger partial charge < -0.3 is 18.9 Å². The summed E-state index contributed by atoms with van der Waals surface area (Å²) in [5.74, 6) is 0.0303. The van der Waals surface area contributed by atoms with Crippen LogP contribution in [-0.2, 0) is 14.2 Å². The van der Waals surface area contributed by atoms with Gasteiger partial charge in [-0.2, -0.15) is 0 Å². The molecule has 2 rings (SSSR count). The molecule has 7 nitrogen and oxygen atoms in total. The lowest BCUT2D eigenvalue weighted by Crippen LogP contribution is -2.29. The zero-order valence-electron chi connectivity index (χ0n) is 15.8. The maximum absolute atomic E-state index is 12.6. The molecular weight excluding hydrogens is 338 g/mol. The van der Waals surface area contributed by atoms with Crippen molar-refractivity contribution in [3.8, 4) is 5.75 Å². The number of rotatable bonds is 6. The minimum Gasteiger partial charge on any atom is -0.491 e. The predicted molar refractivity (Wildman–Crippen MR) is 96.9 cm³/mol. The normalized spacial score (nSPS) is 11.4. The number of ether oxygens (including phenoxy) is 4. The van der Waals surface area contributed by atoms with E-state index >= 15 is 0 Å². The zero-order chi connectivity index (χ0) is 19.3. The highest BCUT2D eigenvalue weighted by molar-refractivity contribution is 6.01. The summed E-state index contributed by atoms with van der Waals surface area (Å²) in [4.78, 5) is 24.9. The number of aromatic nitrogens is 1. The van der Waals surface area contributed by atoms with Gasteiger partial charge in [0.05, 0.1) is 18.7 Å². The number of nitrogens with zero attached hydrogens (tertiary/aromatic N) is 1. The van der Waals surface area contributed by atoms with E-state index in [1.54, 1.807) is 59.1 Å². The Balaban J connectivity index is 2.46. The van der Waals surface area contributed by atoms with Gasteiger partial charge in [-0.05, 0) is 52.0 Å². The minimum absolute atomic E-state index is 0.116. The minimum atomic E-state index is -0.692. The third-order valence-electron chi connectivity index (χ3n) is 3.39. The van der Waals surface area contributed by atoms with Crippen molar-refractivity contribution in [2.75, 3.05) is 26.9 Å². The van der Waals surface area contributed by atoms with Gasteiger partial charge in [0.1, 0.15) is 23.7 Å². The van der Waals surface area contributed by atoms with E-state index in [1.807, 2.05) is 0 Å². The van der Waals surface area contributed by atoms with Crippen LogP contribution < -0.4 is 4.74 Å². The summed E-state index contributed by atoms with van der Waals surface area (Å²) in [6, 6.07) is 6.80. The number of carbonyl (C=O) groups excluding carboxylic acids is 2. The summed E-state index contributed by atoms with van der Waals surface area (Å²) in [5.41, 5.74) is -0.0328. The maximum Gasteiger partial charge on any atom is 0.419 e. The van der Waals surface area contributed by atoms with Crippen molar-refractivity contribution < 1.29 is 28.5 Å². The van der Waals surface area contributed by atoms with Gasteiger partial charge >= 0.3 is 12.1 Å². The summed E-state index contributed by atoms with van der Waals surface area (Å²) >= 11 is 0. The van der Waals surface area contributed by atoms with Gasteiger partial charge in [-0.15, -0.1) is 0 Å². The van der Waals surface area contributed by atoms with E-state index < -0.39 is 17.7 Å². The van der Waals surface area contributed by atoms with Crippen LogP contribution in [0.5, 0.6) is 5.75 Å². The summed E-state index contributed by atoms with van der Waals surface area (Å²) in [5, 5.41) is 0.675. The van der Waals surface area contributed by atoms with E-state index in [-0.39, 0.29) is 12.3 Å². The molecule has 0 saturated carbocycles. The van der Waals surface area contributed by atoms with Crippen LogP contribution in [0.1, 0.15) is 38.2 Å². The summed E-state index contributed by atoms with van der Waals surface area (Å²) in [6.07, 6.45) is -0.636. The molecule has 7 heteroatoms. The summed E-state index contributed by atoms with van der Waals surface area (Å²) in [6.45, 7) is 8.08. The molecule has 0 atom stereocenters. The highest BCUT2D eigenvalue weighted by atomic mass is 16.6. The van der Waals surface area contributed by atoms with Gasteiger partial charge in [0.15, 0.2) is 0 Å². The molecule has 0 aliphatic heterocycles. The first-order valence-corrected chi connectivity index (χ1v) is 8.44. The fraction of sp³-hybridized carbons (Fsp3) is 0.474. The second-order valence-electron chi connectivity index (χ2n) is 6.63. The third kappa shape index (κ3) is 4.76. The number of fused-ring (bicyclic) bond motifs is 1. The molecule has 0 N–H and O–H groups in total. The SMILES string of the molecule is CCOC(=O)c1cc2cc(OCCOC)ccc2n1C(=O)OC(C)(C)C. The monoisotopic (exact) mass is 363 g/mol. The Morgan fingerprint density at radius 3 is 2.46 bits per heavy atom. The van der Waals surface area contributed by atoms with Crippen molar-refractivity contribution in [1.29, 1.82) is 0 Å². The second-order valence-corrected chi connectivity index (χ2v) is 6.63. The van der Waals surface area contributed by atoms with E-state index in [4.69, 9.17) is 18.9 Å². The van der Waals surface area contributed by atoms with E-state index in [0.717, 1.165) is 0 Å². The van der Waals surface area contributed by atoms with Crippen LogP contribution in [0.25, 0.3) is 10.9 Å². The van der Waals surface area contributed by atoms with Crippen molar-refractivity contribution in [2.45, 2.75) is 33.3 Å². The van der Waals surface area contributed by atoms with Crippen molar-refractivity contribution in [2.24, 2.45) is 0 Å². The van der Waals surface area contributed by atoms with E-state index in [2.05, 4.69) is 0 Å². The molecule has 1 aromatic heterocycles. The second kappa shape index (κ2) is 8.23. The number of esters is 1. The molecule has 0 bridgehead atoms. The average Bonchev–Trinajstić information content (AvgIpc) is 2.92.